The second-order valence-electron chi connectivity index (χ2n) is 8.38. The molecule has 0 aliphatic carbocycles. The summed E-state index contributed by atoms with van der Waals surface area (Å²) in [5, 5.41) is 15.5. The number of fused-ring (bicyclic) bond motifs is 1. The van der Waals surface area contributed by atoms with Crippen molar-refractivity contribution in [1.82, 2.24) is 0 Å². The number of carbonyl (C=O) groups is 2. The van der Waals surface area contributed by atoms with Gasteiger partial charge in [-0.1, -0.05) is 66.2 Å². The normalized spacial score (nSPS) is 12.3. The minimum Gasteiger partial charge on any atom is -0.506 e. The maximum Gasteiger partial charge on any atom is 0.412 e. The van der Waals surface area contributed by atoms with Crippen LogP contribution in [0, 0.1) is 5.41 Å². The van der Waals surface area contributed by atoms with Crippen molar-refractivity contribution in [2.75, 3.05) is 17.7 Å². The lowest BCUT2D eigenvalue weighted by Gasteiger charge is -2.34. The highest BCUT2D eigenvalue weighted by molar-refractivity contribution is 9.11. The molecule has 0 saturated heterocycles. The Morgan fingerprint density at radius 1 is 1.12 bits per heavy atom. The largest absolute Gasteiger partial charge is 0.506 e. The fourth-order valence-corrected chi connectivity index (χ4v) is 4.96. The van der Waals surface area contributed by atoms with E-state index in [1.165, 1.54) is 0 Å². The number of esters is 1. The van der Waals surface area contributed by atoms with Gasteiger partial charge in [-0.3, -0.25) is 10.1 Å². The zero-order valence-corrected chi connectivity index (χ0v) is 22.7. The summed E-state index contributed by atoms with van der Waals surface area (Å²) in [4.78, 5) is 24.6. The van der Waals surface area contributed by atoms with Gasteiger partial charge in [-0.25, -0.2) is 4.79 Å². The summed E-state index contributed by atoms with van der Waals surface area (Å²) >= 11 is 10.7. The molecule has 0 aromatic heterocycles. The standard InChI is InChI=1S/C25H25Br2NO5S/c1-25(2,10-11-32-21(29)14-34)23(18-12-16(26)13-19(27)22(18)30)33-24(31)28-20-9-5-7-15-6-3-4-8-17(15)20/h3-9,12-13,23,30,34H,10-11,14H2,1-2H3,(H,28,31)/t23-/m1/s1. The lowest BCUT2D eigenvalue weighted by Crippen LogP contribution is -2.30. The number of halogens is 2. The predicted molar refractivity (Wildman–Crippen MR) is 144 cm³/mol. The average Bonchev–Trinajstić information content (AvgIpc) is 2.80. The van der Waals surface area contributed by atoms with Crippen molar-refractivity contribution in [2.24, 2.45) is 5.41 Å². The Labute approximate surface area is 220 Å². The van der Waals surface area contributed by atoms with Crippen LogP contribution in [0.2, 0.25) is 0 Å². The van der Waals surface area contributed by atoms with Crippen molar-refractivity contribution in [1.29, 1.82) is 0 Å². The van der Waals surface area contributed by atoms with Crippen LogP contribution < -0.4 is 5.32 Å². The smallest absolute Gasteiger partial charge is 0.412 e. The summed E-state index contributed by atoms with van der Waals surface area (Å²) < 4.78 is 12.3. The average molecular weight is 611 g/mol. The molecule has 180 valence electrons. The Hall–Kier alpha value is -2.23. The summed E-state index contributed by atoms with van der Waals surface area (Å²) in [6, 6.07) is 16.7. The summed E-state index contributed by atoms with van der Waals surface area (Å²) in [6.07, 6.45) is -1.15. The van der Waals surface area contributed by atoms with Gasteiger partial charge in [0.25, 0.3) is 0 Å². The molecule has 9 heteroatoms. The molecule has 0 fully saturated rings. The van der Waals surface area contributed by atoms with E-state index < -0.39 is 23.6 Å². The molecule has 0 heterocycles. The number of hydrogen-bond donors (Lipinski definition) is 3. The van der Waals surface area contributed by atoms with Crippen LogP contribution in [0.4, 0.5) is 10.5 Å². The zero-order chi connectivity index (χ0) is 24.9. The fourth-order valence-electron chi connectivity index (χ4n) is 3.62. The third kappa shape index (κ3) is 6.46. The number of ether oxygens (including phenoxy) is 2. The predicted octanol–water partition coefficient (Wildman–Crippen LogP) is 7.25. The van der Waals surface area contributed by atoms with Crippen LogP contribution in [0.5, 0.6) is 5.75 Å². The molecular formula is C25H25Br2NO5S. The van der Waals surface area contributed by atoms with E-state index in [4.69, 9.17) is 9.47 Å². The Balaban J connectivity index is 1.90. The maximum atomic E-state index is 13.1. The molecule has 3 aromatic carbocycles. The van der Waals surface area contributed by atoms with Crippen molar-refractivity contribution < 1.29 is 24.2 Å². The molecule has 6 nitrogen and oxygen atoms in total. The first-order chi connectivity index (χ1) is 16.1. The number of hydrogen-bond acceptors (Lipinski definition) is 6. The molecule has 0 unspecified atom stereocenters. The highest BCUT2D eigenvalue weighted by Crippen LogP contribution is 2.46. The minimum absolute atomic E-state index is 0.0207. The number of amides is 1. The number of aromatic hydroxyl groups is 1. The molecule has 0 radical (unpaired) electrons. The van der Waals surface area contributed by atoms with E-state index in [-0.39, 0.29) is 18.1 Å². The highest BCUT2D eigenvalue weighted by atomic mass is 79.9. The van der Waals surface area contributed by atoms with Crippen LogP contribution in [0.3, 0.4) is 0 Å². The van der Waals surface area contributed by atoms with Crippen LogP contribution in [-0.4, -0.2) is 29.5 Å². The Kier molecular flexibility index (Phi) is 8.89. The molecule has 3 aromatic rings. The number of rotatable bonds is 8. The molecule has 34 heavy (non-hydrogen) atoms. The molecule has 0 spiro atoms. The van der Waals surface area contributed by atoms with E-state index in [0.717, 1.165) is 10.8 Å². The Morgan fingerprint density at radius 3 is 2.56 bits per heavy atom. The lowest BCUT2D eigenvalue weighted by atomic mass is 9.79. The number of nitrogens with one attached hydrogen (secondary N) is 1. The second kappa shape index (κ2) is 11.5. The van der Waals surface area contributed by atoms with Crippen LogP contribution in [-0.2, 0) is 14.3 Å². The SMILES string of the molecule is CC(C)(CCOC(=O)CS)[C@H](OC(=O)Nc1cccc2ccccc12)c1cc(Br)cc(Br)c1O. The van der Waals surface area contributed by atoms with Gasteiger partial charge in [-0.15, -0.1) is 0 Å². The van der Waals surface area contributed by atoms with Crippen LogP contribution in [0.25, 0.3) is 10.8 Å². The van der Waals surface area contributed by atoms with Crippen molar-refractivity contribution in [2.45, 2.75) is 26.4 Å². The van der Waals surface area contributed by atoms with Crippen LogP contribution in [0.15, 0.2) is 63.5 Å². The van der Waals surface area contributed by atoms with E-state index >= 15 is 0 Å². The van der Waals surface area contributed by atoms with Crippen molar-refractivity contribution in [3.63, 3.8) is 0 Å². The van der Waals surface area contributed by atoms with E-state index in [1.807, 2.05) is 50.2 Å². The van der Waals surface area contributed by atoms with Gasteiger partial charge in [0, 0.05) is 20.8 Å². The topological polar surface area (TPSA) is 84.9 Å². The first-order valence-electron chi connectivity index (χ1n) is 10.5. The fraction of sp³-hybridized carbons (Fsp3) is 0.280. The van der Waals surface area contributed by atoms with E-state index in [0.29, 0.717) is 26.6 Å². The van der Waals surface area contributed by atoms with Crippen LogP contribution in [0.1, 0.15) is 31.9 Å². The maximum absolute atomic E-state index is 13.1. The number of thiol groups is 1. The molecule has 0 bridgehead atoms. The summed E-state index contributed by atoms with van der Waals surface area (Å²) in [6.45, 7) is 3.88. The van der Waals surface area contributed by atoms with E-state index in [1.54, 1.807) is 18.2 Å². The number of carbonyl (C=O) groups excluding carboxylic acids is 2. The quantitative estimate of drug-likeness (QED) is 0.185. The van der Waals surface area contributed by atoms with Gasteiger partial charge in [0.2, 0.25) is 0 Å². The van der Waals surface area contributed by atoms with E-state index in [9.17, 15) is 14.7 Å². The number of anilines is 1. The monoisotopic (exact) mass is 609 g/mol. The first-order valence-corrected chi connectivity index (χ1v) is 12.7. The Morgan fingerprint density at radius 2 is 1.82 bits per heavy atom. The van der Waals surface area contributed by atoms with Crippen molar-refractivity contribution >= 4 is 73.0 Å². The number of phenolic OH excluding ortho intramolecular Hbond substituents is 1. The number of benzene rings is 3. The molecule has 1 amide bonds. The minimum atomic E-state index is -0.856. The summed E-state index contributed by atoms with van der Waals surface area (Å²) in [5.41, 5.74) is 0.326. The van der Waals surface area contributed by atoms with Gasteiger partial charge >= 0.3 is 12.1 Å². The van der Waals surface area contributed by atoms with Gasteiger partial charge in [0.1, 0.15) is 11.9 Å². The zero-order valence-electron chi connectivity index (χ0n) is 18.7. The molecule has 2 N–H and O–H groups in total. The third-order valence-electron chi connectivity index (χ3n) is 5.44. The van der Waals surface area contributed by atoms with Gasteiger partial charge in [-0.2, -0.15) is 12.6 Å². The first kappa shape index (κ1) is 26.4. The molecule has 0 aliphatic heterocycles. The molecule has 3 rings (SSSR count). The van der Waals surface area contributed by atoms with Gasteiger partial charge in [0.05, 0.1) is 22.5 Å². The van der Waals surface area contributed by atoms with Crippen molar-refractivity contribution in [3.05, 3.63) is 69.1 Å². The molecular weight excluding hydrogens is 586 g/mol. The van der Waals surface area contributed by atoms with E-state index in [2.05, 4.69) is 49.8 Å². The molecule has 1 atom stereocenters. The summed E-state index contributed by atoms with van der Waals surface area (Å²) in [7, 11) is 0. The Bertz CT molecular complexity index is 1200. The van der Waals surface area contributed by atoms with Gasteiger partial charge in [-0.05, 0) is 45.9 Å². The van der Waals surface area contributed by atoms with Gasteiger partial charge < -0.3 is 14.6 Å². The number of phenols is 1. The lowest BCUT2D eigenvalue weighted by molar-refractivity contribution is -0.141. The third-order valence-corrected chi connectivity index (χ3v) is 6.76. The second-order valence-corrected chi connectivity index (χ2v) is 10.5. The summed E-state index contributed by atoms with van der Waals surface area (Å²) in [5.74, 6) is -0.488. The highest BCUT2D eigenvalue weighted by Gasteiger charge is 2.37. The van der Waals surface area contributed by atoms with Crippen LogP contribution >= 0.6 is 44.5 Å². The van der Waals surface area contributed by atoms with Gasteiger partial charge in [0.15, 0.2) is 0 Å². The van der Waals surface area contributed by atoms with Crippen molar-refractivity contribution in [3.8, 4) is 5.75 Å². The molecule has 0 aliphatic rings. The molecule has 0 saturated carbocycles.